The van der Waals surface area contributed by atoms with Gasteiger partial charge in [0.2, 0.25) is 0 Å². The Morgan fingerprint density at radius 3 is 2.30 bits per heavy atom. The molecule has 0 N–H and O–H groups in total. The number of rotatable bonds is 3. The summed E-state index contributed by atoms with van der Waals surface area (Å²) in [6, 6.07) is 23.5. The molecule has 148 valence electrons. The number of benzene rings is 3. The minimum atomic E-state index is -0.265. The molecule has 4 nitrogen and oxygen atoms in total. The number of imide groups is 1. The highest BCUT2D eigenvalue weighted by atomic mass is 16.2. The van der Waals surface area contributed by atoms with Gasteiger partial charge < -0.3 is 4.90 Å². The third-order valence-electron chi connectivity index (χ3n) is 5.88. The fourth-order valence-corrected chi connectivity index (χ4v) is 4.38. The number of nitrogens with zero attached hydrogens (tertiary/aromatic N) is 2. The lowest BCUT2D eigenvalue weighted by Crippen LogP contribution is -2.35. The summed E-state index contributed by atoms with van der Waals surface area (Å²) in [5.41, 5.74) is 6.47. The zero-order chi connectivity index (χ0) is 20.8. The molecule has 0 bridgehead atoms. The van der Waals surface area contributed by atoms with E-state index in [-0.39, 0.29) is 11.8 Å². The van der Waals surface area contributed by atoms with E-state index in [2.05, 4.69) is 6.07 Å². The monoisotopic (exact) mass is 394 g/mol. The second-order valence-corrected chi connectivity index (χ2v) is 7.86. The maximum atomic E-state index is 13.8. The molecule has 3 aromatic rings. The van der Waals surface area contributed by atoms with Crippen LogP contribution in [-0.4, -0.2) is 18.4 Å². The molecule has 4 heteroatoms. The minimum absolute atomic E-state index is 0.260. The molecular formula is C26H22N2O2. The lowest BCUT2D eigenvalue weighted by molar-refractivity contribution is -0.120. The van der Waals surface area contributed by atoms with Gasteiger partial charge in [-0.05, 0) is 54.7 Å². The molecule has 0 fully saturated rings. The quantitative estimate of drug-likeness (QED) is 0.607. The molecule has 0 radical (unpaired) electrons. The molecule has 0 unspecified atom stereocenters. The van der Waals surface area contributed by atoms with Crippen molar-refractivity contribution in [3.05, 3.63) is 101 Å². The highest BCUT2D eigenvalue weighted by Gasteiger charge is 2.44. The van der Waals surface area contributed by atoms with E-state index in [1.165, 1.54) is 10.5 Å². The van der Waals surface area contributed by atoms with Crippen LogP contribution in [0.5, 0.6) is 0 Å². The molecule has 2 aliphatic heterocycles. The Morgan fingerprint density at radius 2 is 1.50 bits per heavy atom. The van der Waals surface area contributed by atoms with Gasteiger partial charge in [-0.25, -0.2) is 4.90 Å². The van der Waals surface area contributed by atoms with Gasteiger partial charge in [0.25, 0.3) is 11.8 Å². The zero-order valence-corrected chi connectivity index (χ0v) is 17.1. The van der Waals surface area contributed by atoms with Crippen LogP contribution in [0.25, 0.3) is 5.57 Å². The van der Waals surface area contributed by atoms with E-state index in [1.807, 2.05) is 85.5 Å². The Bertz CT molecular complexity index is 1210. The van der Waals surface area contributed by atoms with Crippen molar-refractivity contribution in [1.29, 1.82) is 0 Å². The molecule has 2 amide bonds. The number of amides is 2. The minimum Gasteiger partial charge on any atom is -0.336 e. The van der Waals surface area contributed by atoms with Gasteiger partial charge in [-0.1, -0.05) is 60.7 Å². The first-order valence-electron chi connectivity index (χ1n) is 10.2. The standard InChI is InChI=1S/C26H22N2O2/c1-17-12-13-18(2)22(16-17)28-25(29)23(20-9-4-3-5-10-20)24(26(28)30)27-15-14-19-8-6-7-11-21(19)27/h3-13,16H,14-15H2,1-2H3. The molecule has 0 aromatic heterocycles. The first kappa shape index (κ1) is 18.4. The summed E-state index contributed by atoms with van der Waals surface area (Å²) in [7, 11) is 0. The van der Waals surface area contributed by atoms with Gasteiger partial charge in [-0.2, -0.15) is 0 Å². The van der Waals surface area contributed by atoms with Crippen LogP contribution < -0.4 is 9.80 Å². The lowest BCUT2D eigenvalue weighted by Gasteiger charge is -2.22. The van der Waals surface area contributed by atoms with Crippen LogP contribution in [0.15, 0.2) is 78.5 Å². The molecule has 0 aliphatic carbocycles. The van der Waals surface area contributed by atoms with Crippen LogP contribution in [0.3, 0.4) is 0 Å². The number of carbonyl (C=O) groups is 2. The third kappa shape index (κ3) is 2.76. The van der Waals surface area contributed by atoms with Gasteiger partial charge in [0.15, 0.2) is 0 Å². The van der Waals surface area contributed by atoms with Crippen LogP contribution in [0.1, 0.15) is 22.3 Å². The number of hydrogen-bond donors (Lipinski definition) is 0. The number of anilines is 2. The predicted octanol–water partition coefficient (Wildman–Crippen LogP) is 4.65. The van der Waals surface area contributed by atoms with Crippen molar-refractivity contribution < 1.29 is 9.59 Å². The Hall–Kier alpha value is -3.66. The summed E-state index contributed by atoms with van der Waals surface area (Å²) < 4.78 is 0. The van der Waals surface area contributed by atoms with Gasteiger partial charge in [-0.3, -0.25) is 9.59 Å². The Balaban J connectivity index is 1.71. The number of hydrogen-bond acceptors (Lipinski definition) is 3. The first-order valence-corrected chi connectivity index (χ1v) is 10.2. The number of para-hydroxylation sites is 1. The molecule has 2 heterocycles. The fourth-order valence-electron chi connectivity index (χ4n) is 4.38. The van der Waals surface area contributed by atoms with Crippen molar-refractivity contribution in [3.63, 3.8) is 0 Å². The molecule has 0 saturated carbocycles. The highest BCUT2D eigenvalue weighted by molar-refractivity contribution is 6.46. The van der Waals surface area contributed by atoms with Crippen LogP contribution in [0, 0.1) is 13.8 Å². The van der Waals surface area contributed by atoms with E-state index in [1.54, 1.807) is 0 Å². The molecule has 0 saturated heterocycles. The van der Waals surface area contributed by atoms with Crippen molar-refractivity contribution in [1.82, 2.24) is 0 Å². The number of fused-ring (bicyclic) bond motifs is 1. The van der Waals surface area contributed by atoms with E-state index < -0.39 is 0 Å². The Morgan fingerprint density at radius 1 is 0.767 bits per heavy atom. The van der Waals surface area contributed by atoms with Crippen LogP contribution in [-0.2, 0) is 16.0 Å². The first-order chi connectivity index (χ1) is 14.6. The lowest BCUT2D eigenvalue weighted by atomic mass is 10.0. The van der Waals surface area contributed by atoms with E-state index in [9.17, 15) is 9.59 Å². The summed E-state index contributed by atoms with van der Waals surface area (Å²) in [4.78, 5) is 30.8. The second-order valence-electron chi connectivity index (χ2n) is 7.86. The molecule has 3 aromatic carbocycles. The fraction of sp³-hybridized carbons (Fsp3) is 0.154. The summed E-state index contributed by atoms with van der Waals surface area (Å²) >= 11 is 0. The summed E-state index contributed by atoms with van der Waals surface area (Å²) in [5, 5.41) is 0. The summed E-state index contributed by atoms with van der Waals surface area (Å²) in [5.74, 6) is -0.525. The maximum absolute atomic E-state index is 13.8. The maximum Gasteiger partial charge on any atom is 0.282 e. The predicted molar refractivity (Wildman–Crippen MR) is 119 cm³/mol. The molecular weight excluding hydrogens is 372 g/mol. The van der Waals surface area contributed by atoms with Crippen molar-refractivity contribution >= 4 is 28.8 Å². The smallest absolute Gasteiger partial charge is 0.282 e. The number of aryl methyl sites for hydroxylation is 2. The molecule has 5 rings (SSSR count). The van der Waals surface area contributed by atoms with E-state index >= 15 is 0 Å². The van der Waals surface area contributed by atoms with Crippen LogP contribution in [0.4, 0.5) is 11.4 Å². The van der Waals surface area contributed by atoms with E-state index in [0.29, 0.717) is 23.5 Å². The van der Waals surface area contributed by atoms with E-state index in [4.69, 9.17) is 0 Å². The van der Waals surface area contributed by atoms with Gasteiger partial charge in [0.1, 0.15) is 5.70 Å². The summed E-state index contributed by atoms with van der Waals surface area (Å²) in [6.45, 7) is 4.59. The Labute approximate surface area is 176 Å². The van der Waals surface area contributed by atoms with Crippen LogP contribution in [0.2, 0.25) is 0 Å². The van der Waals surface area contributed by atoms with Crippen molar-refractivity contribution in [2.75, 3.05) is 16.3 Å². The van der Waals surface area contributed by atoms with Gasteiger partial charge in [0, 0.05) is 12.2 Å². The molecule has 2 aliphatic rings. The summed E-state index contributed by atoms with van der Waals surface area (Å²) in [6.07, 6.45) is 0.854. The van der Waals surface area contributed by atoms with E-state index in [0.717, 1.165) is 28.8 Å². The second kappa shape index (κ2) is 6.99. The largest absolute Gasteiger partial charge is 0.336 e. The normalized spacial score (nSPS) is 15.9. The highest BCUT2D eigenvalue weighted by Crippen LogP contribution is 2.40. The van der Waals surface area contributed by atoms with Crippen molar-refractivity contribution in [2.24, 2.45) is 0 Å². The number of carbonyl (C=O) groups excluding carboxylic acids is 2. The topological polar surface area (TPSA) is 40.6 Å². The average Bonchev–Trinajstić information content (AvgIpc) is 3.29. The molecule has 30 heavy (non-hydrogen) atoms. The molecule has 0 atom stereocenters. The molecule has 0 spiro atoms. The Kier molecular flexibility index (Phi) is 4.28. The van der Waals surface area contributed by atoms with Gasteiger partial charge in [-0.15, -0.1) is 0 Å². The van der Waals surface area contributed by atoms with Gasteiger partial charge >= 0.3 is 0 Å². The van der Waals surface area contributed by atoms with Crippen molar-refractivity contribution in [3.8, 4) is 0 Å². The van der Waals surface area contributed by atoms with Gasteiger partial charge in [0.05, 0.1) is 11.3 Å². The zero-order valence-electron chi connectivity index (χ0n) is 17.1. The van der Waals surface area contributed by atoms with Crippen molar-refractivity contribution in [2.45, 2.75) is 20.3 Å². The van der Waals surface area contributed by atoms with Crippen LogP contribution >= 0.6 is 0 Å². The SMILES string of the molecule is Cc1ccc(C)c(N2C(=O)C(c3ccccc3)=C(N3CCc4ccccc43)C2=O)c1. The third-order valence-corrected chi connectivity index (χ3v) is 5.88. The average molecular weight is 394 g/mol.